The molecule has 2 aromatic carbocycles. The topological polar surface area (TPSA) is 47.6 Å². The number of rotatable bonds is 9. The van der Waals surface area contributed by atoms with Gasteiger partial charge in [0.1, 0.15) is 5.75 Å². The highest BCUT2D eigenvalue weighted by Gasteiger charge is 2.11. The summed E-state index contributed by atoms with van der Waals surface area (Å²) in [7, 11) is 1.62. The molecule has 0 saturated heterocycles. The molecule has 0 aliphatic heterocycles. The summed E-state index contributed by atoms with van der Waals surface area (Å²) in [5.41, 5.74) is 3.54. The van der Waals surface area contributed by atoms with Crippen LogP contribution in [0.15, 0.2) is 42.5 Å². The number of carbonyl (C=O) groups is 1. The van der Waals surface area contributed by atoms with Gasteiger partial charge in [0, 0.05) is 16.8 Å². The molecule has 0 fully saturated rings. The lowest BCUT2D eigenvalue weighted by molar-refractivity contribution is 0.0644. The van der Waals surface area contributed by atoms with Crippen LogP contribution in [-0.4, -0.2) is 19.1 Å². The number of methoxy groups -OCH3 is 1. The highest BCUT2D eigenvalue weighted by molar-refractivity contribution is 6.04. The Bertz CT molecular complexity index is 708. The summed E-state index contributed by atoms with van der Waals surface area (Å²) >= 11 is 0. The van der Waals surface area contributed by atoms with Crippen LogP contribution in [0.2, 0.25) is 0 Å². The van der Waals surface area contributed by atoms with Crippen molar-refractivity contribution in [1.82, 2.24) is 0 Å². The first-order valence-electron chi connectivity index (χ1n) is 9.22. The van der Waals surface area contributed by atoms with E-state index in [0.29, 0.717) is 12.2 Å². The Morgan fingerprint density at radius 1 is 1.12 bits per heavy atom. The summed E-state index contributed by atoms with van der Waals surface area (Å²) in [5, 5.41) is 2.95. The Labute approximate surface area is 156 Å². The first-order valence-corrected chi connectivity index (χ1v) is 9.22. The van der Waals surface area contributed by atoms with Gasteiger partial charge >= 0.3 is 0 Å². The van der Waals surface area contributed by atoms with Crippen LogP contribution in [0.25, 0.3) is 0 Å². The van der Waals surface area contributed by atoms with Gasteiger partial charge in [-0.25, -0.2) is 0 Å². The van der Waals surface area contributed by atoms with Crippen LogP contribution in [0, 0.1) is 0 Å². The van der Waals surface area contributed by atoms with Crippen molar-refractivity contribution in [2.24, 2.45) is 0 Å². The number of hydrogen-bond donors (Lipinski definition) is 1. The first-order chi connectivity index (χ1) is 12.5. The largest absolute Gasteiger partial charge is 0.496 e. The van der Waals surface area contributed by atoms with Crippen molar-refractivity contribution in [3.63, 3.8) is 0 Å². The van der Waals surface area contributed by atoms with Gasteiger partial charge in [-0.3, -0.25) is 4.79 Å². The van der Waals surface area contributed by atoms with Crippen LogP contribution >= 0.6 is 0 Å². The van der Waals surface area contributed by atoms with Crippen molar-refractivity contribution >= 4 is 11.6 Å². The number of unbranched alkanes of at least 4 members (excludes halogenated alkanes) is 1. The van der Waals surface area contributed by atoms with E-state index in [9.17, 15) is 4.79 Å². The third-order valence-corrected chi connectivity index (χ3v) is 4.15. The second-order valence-corrected chi connectivity index (χ2v) is 6.64. The third-order valence-electron chi connectivity index (χ3n) is 4.15. The van der Waals surface area contributed by atoms with Gasteiger partial charge in [0.05, 0.1) is 19.8 Å². The van der Waals surface area contributed by atoms with Gasteiger partial charge in [-0.2, -0.15) is 0 Å². The Hall–Kier alpha value is -2.33. The van der Waals surface area contributed by atoms with E-state index in [1.807, 2.05) is 38.1 Å². The molecular formula is C22H29NO3. The smallest absolute Gasteiger partial charge is 0.255 e. The zero-order chi connectivity index (χ0) is 18.9. The Kier molecular flexibility index (Phi) is 7.67. The van der Waals surface area contributed by atoms with E-state index in [-0.39, 0.29) is 12.0 Å². The van der Waals surface area contributed by atoms with Crippen LogP contribution in [0.3, 0.4) is 0 Å². The lowest BCUT2D eigenvalue weighted by Crippen LogP contribution is -2.13. The summed E-state index contributed by atoms with van der Waals surface area (Å²) in [5.74, 6) is 0.585. The first kappa shape index (κ1) is 20.0. The van der Waals surface area contributed by atoms with Crippen LogP contribution < -0.4 is 10.1 Å². The average molecular weight is 355 g/mol. The maximum absolute atomic E-state index is 12.6. The second kappa shape index (κ2) is 9.97. The number of nitrogens with one attached hydrogen (secondary N) is 1. The van der Waals surface area contributed by atoms with Gasteiger partial charge in [-0.1, -0.05) is 25.5 Å². The summed E-state index contributed by atoms with van der Waals surface area (Å²) in [4.78, 5) is 12.6. The van der Waals surface area contributed by atoms with Gasteiger partial charge in [0.15, 0.2) is 0 Å². The van der Waals surface area contributed by atoms with Gasteiger partial charge in [0.25, 0.3) is 5.91 Å². The Balaban J connectivity index is 2.07. The second-order valence-electron chi connectivity index (χ2n) is 6.64. The van der Waals surface area contributed by atoms with E-state index in [0.717, 1.165) is 23.4 Å². The van der Waals surface area contributed by atoms with Crippen molar-refractivity contribution in [2.75, 3.05) is 12.4 Å². The van der Waals surface area contributed by atoms with Gasteiger partial charge in [-0.15, -0.1) is 0 Å². The average Bonchev–Trinajstić information content (AvgIpc) is 2.65. The SMILES string of the molecule is CCCCc1ccc(NC(=O)c2ccc(OC)c(COC(C)C)c2)cc1. The Morgan fingerprint density at radius 2 is 1.85 bits per heavy atom. The molecule has 0 heterocycles. The van der Waals surface area contributed by atoms with E-state index in [1.54, 1.807) is 13.2 Å². The van der Waals surface area contributed by atoms with Gasteiger partial charge in [0.2, 0.25) is 0 Å². The molecule has 4 nitrogen and oxygen atoms in total. The van der Waals surface area contributed by atoms with Crippen molar-refractivity contribution in [3.8, 4) is 5.75 Å². The number of amides is 1. The third kappa shape index (κ3) is 5.88. The van der Waals surface area contributed by atoms with Crippen LogP contribution in [0.4, 0.5) is 5.69 Å². The molecule has 0 bridgehead atoms. The van der Waals surface area contributed by atoms with E-state index in [4.69, 9.17) is 9.47 Å². The van der Waals surface area contributed by atoms with E-state index in [2.05, 4.69) is 24.4 Å². The van der Waals surface area contributed by atoms with Crippen LogP contribution in [0.5, 0.6) is 5.75 Å². The van der Waals surface area contributed by atoms with E-state index < -0.39 is 0 Å². The summed E-state index contributed by atoms with van der Waals surface area (Å²) in [6.07, 6.45) is 3.54. The molecule has 26 heavy (non-hydrogen) atoms. The zero-order valence-electron chi connectivity index (χ0n) is 16.2. The number of ether oxygens (including phenoxy) is 2. The fraction of sp³-hybridized carbons (Fsp3) is 0.409. The van der Waals surface area contributed by atoms with E-state index in [1.165, 1.54) is 18.4 Å². The number of benzene rings is 2. The molecule has 1 amide bonds. The van der Waals surface area contributed by atoms with Crippen molar-refractivity contribution in [2.45, 2.75) is 52.7 Å². The normalized spacial score (nSPS) is 10.8. The van der Waals surface area contributed by atoms with Crippen LogP contribution in [-0.2, 0) is 17.8 Å². The standard InChI is InChI=1S/C22H29NO3/c1-5-6-7-17-8-11-20(12-9-17)23-22(24)18-10-13-21(25-4)19(14-18)15-26-16(2)3/h8-14,16H,5-7,15H2,1-4H3,(H,23,24). The van der Waals surface area contributed by atoms with Crippen LogP contribution in [0.1, 0.15) is 55.1 Å². The molecule has 1 N–H and O–H groups in total. The molecule has 0 aromatic heterocycles. The molecular weight excluding hydrogens is 326 g/mol. The highest BCUT2D eigenvalue weighted by Crippen LogP contribution is 2.22. The molecule has 0 aliphatic carbocycles. The van der Waals surface area contributed by atoms with Crippen molar-refractivity contribution in [3.05, 3.63) is 59.2 Å². The zero-order valence-corrected chi connectivity index (χ0v) is 16.2. The summed E-state index contributed by atoms with van der Waals surface area (Å²) in [6.45, 7) is 6.55. The van der Waals surface area contributed by atoms with Crippen molar-refractivity contribution < 1.29 is 14.3 Å². The minimum Gasteiger partial charge on any atom is -0.496 e. The molecule has 0 saturated carbocycles. The lowest BCUT2D eigenvalue weighted by atomic mass is 10.1. The maximum atomic E-state index is 12.6. The lowest BCUT2D eigenvalue weighted by Gasteiger charge is -2.13. The van der Waals surface area contributed by atoms with Gasteiger partial charge < -0.3 is 14.8 Å². The molecule has 0 radical (unpaired) electrons. The molecule has 140 valence electrons. The number of anilines is 1. The Morgan fingerprint density at radius 3 is 2.46 bits per heavy atom. The number of aryl methyl sites for hydroxylation is 1. The molecule has 4 heteroatoms. The molecule has 0 aliphatic rings. The predicted octanol–water partition coefficient (Wildman–Crippen LogP) is 5.22. The minimum atomic E-state index is -0.139. The monoisotopic (exact) mass is 355 g/mol. The predicted molar refractivity (Wildman–Crippen MR) is 106 cm³/mol. The highest BCUT2D eigenvalue weighted by atomic mass is 16.5. The number of carbonyl (C=O) groups excluding carboxylic acids is 1. The molecule has 0 unspecified atom stereocenters. The molecule has 2 rings (SSSR count). The molecule has 0 atom stereocenters. The fourth-order valence-corrected chi connectivity index (χ4v) is 2.63. The quantitative estimate of drug-likeness (QED) is 0.671. The van der Waals surface area contributed by atoms with Gasteiger partial charge in [-0.05, 0) is 62.6 Å². The van der Waals surface area contributed by atoms with Crippen molar-refractivity contribution in [1.29, 1.82) is 0 Å². The summed E-state index contributed by atoms with van der Waals surface area (Å²) < 4.78 is 11.0. The minimum absolute atomic E-state index is 0.114. The fourth-order valence-electron chi connectivity index (χ4n) is 2.63. The van der Waals surface area contributed by atoms with E-state index >= 15 is 0 Å². The molecule has 2 aromatic rings. The maximum Gasteiger partial charge on any atom is 0.255 e. The summed E-state index contributed by atoms with van der Waals surface area (Å²) in [6, 6.07) is 13.4. The number of hydrogen-bond acceptors (Lipinski definition) is 3. The molecule has 0 spiro atoms.